The molecule has 0 atom stereocenters. The lowest BCUT2D eigenvalue weighted by Crippen LogP contribution is -2.09. The fourth-order valence-corrected chi connectivity index (χ4v) is 1.75. The largest absolute Gasteiger partial charge is 0.443 e. The van der Waals surface area contributed by atoms with E-state index in [1.807, 2.05) is 0 Å². The average molecular weight is 281 g/mol. The summed E-state index contributed by atoms with van der Waals surface area (Å²) in [5.74, 6) is 2.77. The number of nitrogens with zero attached hydrogens (tertiary/aromatic N) is 3. The van der Waals surface area contributed by atoms with E-state index in [1.54, 1.807) is 19.2 Å². The second-order valence-corrected chi connectivity index (χ2v) is 5.73. The minimum Gasteiger partial charge on any atom is -0.443 e. The van der Waals surface area contributed by atoms with Gasteiger partial charge in [-0.2, -0.15) is 0 Å². The maximum Gasteiger partial charge on any atom is 0.213 e. The van der Waals surface area contributed by atoms with Crippen LogP contribution in [0.15, 0.2) is 16.7 Å². The van der Waals surface area contributed by atoms with Gasteiger partial charge in [-0.15, -0.1) is 0 Å². The highest BCUT2D eigenvalue weighted by Gasteiger charge is 2.19. The Kier molecular flexibility index (Phi) is 3.75. The molecule has 0 spiro atoms. The number of aromatic nitrogens is 3. The van der Waals surface area contributed by atoms with E-state index in [1.165, 1.54) is 0 Å². The van der Waals surface area contributed by atoms with Crippen LogP contribution in [-0.2, 0) is 12.0 Å². The van der Waals surface area contributed by atoms with E-state index in [-0.39, 0.29) is 5.41 Å². The van der Waals surface area contributed by atoms with Crippen molar-refractivity contribution in [2.24, 2.45) is 0 Å². The molecule has 19 heavy (non-hydrogen) atoms. The van der Waals surface area contributed by atoms with E-state index in [2.05, 4.69) is 41.0 Å². The van der Waals surface area contributed by atoms with Gasteiger partial charge in [0.05, 0.1) is 12.7 Å². The molecular formula is C13H17ClN4O. The summed E-state index contributed by atoms with van der Waals surface area (Å²) < 4.78 is 5.68. The summed E-state index contributed by atoms with van der Waals surface area (Å²) in [5, 5.41) is 3.53. The molecule has 0 aromatic carbocycles. The molecule has 0 aliphatic rings. The summed E-state index contributed by atoms with van der Waals surface area (Å²) in [6, 6.07) is 1.67. The zero-order valence-corrected chi connectivity index (χ0v) is 12.2. The standard InChI is InChI=1S/C13H17ClN4O/c1-8-17-10(14)5-11(18-8)15-7-12-16-6-9(19-12)13(2,3)4/h5-6H,7H2,1-4H3,(H,15,17,18). The Balaban J connectivity index is 2.04. The first-order valence-corrected chi connectivity index (χ1v) is 6.42. The van der Waals surface area contributed by atoms with Crippen molar-refractivity contribution in [2.75, 3.05) is 5.32 Å². The third-order valence-electron chi connectivity index (χ3n) is 2.52. The number of hydrogen-bond donors (Lipinski definition) is 1. The molecule has 2 rings (SSSR count). The van der Waals surface area contributed by atoms with Gasteiger partial charge in [0, 0.05) is 11.5 Å². The summed E-state index contributed by atoms with van der Waals surface area (Å²) >= 11 is 5.87. The molecule has 0 aliphatic carbocycles. The molecule has 0 aliphatic heterocycles. The number of rotatable bonds is 3. The SMILES string of the molecule is Cc1nc(Cl)cc(NCc2ncc(C(C)(C)C)o2)n1. The molecule has 1 N–H and O–H groups in total. The van der Waals surface area contributed by atoms with Crippen molar-refractivity contribution in [1.82, 2.24) is 15.0 Å². The molecule has 0 saturated carbocycles. The highest BCUT2D eigenvalue weighted by molar-refractivity contribution is 6.29. The van der Waals surface area contributed by atoms with Crippen molar-refractivity contribution >= 4 is 17.4 Å². The van der Waals surface area contributed by atoms with Gasteiger partial charge in [0.15, 0.2) is 0 Å². The molecule has 0 saturated heterocycles. The predicted molar refractivity (Wildman–Crippen MR) is 74.3 cm³/mol. The van der Waals surface area contributed by atoms with E-state index in [0.29, 0.717) is 29.2 Å². The van der Waals surface area contributed by atoms with Gasteiger partial charge < -0.3 is 9.73 Å². The molecule has 2 aromatic rings. The predicted octanol–water partition coefficient (Wildman–Crippen LogP) is 3.34. The van der Waals surface area contributed by atoms with Crippen LogP contribution in [0.4, 0.5) is 5.82 Å². The van der Waals surface area contributed by atoms with Gasteiger partial charge in [-0.3, -0.25) is 0 Å². The molecule has 0 amide bonds. The van der Waals surface area contributed by atoms with Crippen molar-refractivity contribution in [3.63, 3.8) is 0 Å². The monoisotopic (exact) mass is 280 g/mol. The molecule has 0 radical (unpaired) electrons. The van der Waals surface area contributed by atoms with Crippen LogP contribution < -0.4 is 5.32 Å². The van der Waals surface area contributed by atoms with Crippen LogP contribution in [0.25, 0.3) is 0 Å². The zero-order valence-electron chi connectivity index (χ0n) is 11.5. The Bertz CT molecular complexity index is 554. The van der Waals surface area contributed by atoms with Crippen molar-refractivity contribution in [3.8, 4) is 0 Å². The van der Waals surface area contributed by atoms with Crippen LogP contribution in [0, 0.1) is 6.92 Å². The summed E-state index contributed by atoms with van der Waals surface area (Å²) in [5.41, 5.74) is -0.0416. The van der Waals surface area contributed by atoms with Gasteiger partial charge in [-0.1, -0.05) is 32.4 Å². The van der Waals surface area contributed by atoms with E-state index in [9.17, 15) is 0 Å². The first-order chi connectivity index (χ1) is 8.84. The number of nitrogens with one attached hydrogen (secondary N) is 1. The van der Waals surface area contributed by atoms with Crippen molar-refractivity contribution in [1.29, 1.82) is 0 Å². The molecule has 0 fully saturated rings. The molecular weight excluding hydrogens is 264 g/mol. The molecule has 6 heteroatoms. The molecule has 5 nitrogen and oxygen atoms in total. The van der Waals surface area contributed by atoms with Crippen LogP contribution >= 0.6 is 11.6 Å². The summed E-state index contributed by atoms with van der Waals surface area (Å²) in [4.78, 5) is 12.5. The minimum atomic E-state index is -0.0416. The van der Waals surface area contributed by atoms with Crippen LogP contribution in [-0.4, -0.2) is 15.0 Å². The smallest absolute Gasteiger partial charge is 0.213 e. The van der Waals surface area contributed by atoms with Crippen LogP contribution in [0.2, 0.25) is 5.15 Å². The second-order valence-electron chi connectivity index (χ2n) is 5.34. The Morgan fingerprint density at radius 3 is 2.63 bits per heavy atom. The molecule has 0 unspecified atom stereocenters. The Labute approximate surface area is 117 Å². The lowest BCUT2D eigenvalue weighted by Gasteiger charge is -2.13. The van der Waals surface area contributed by atoms with E-state index >= 15 is 0 Å². The maximum absolute atomic E-state index is 5.87. The molecule has 102 valence electrons. The number of halogens is 1. The maximum atomic E-state index is 5.87. The third-order valence-corrected chi connectivity index (χ3v) is 2.71. The van der Waals surface area contributed by atoms with Gasteiger partial charge in [0.25, 0.3) is 0 Å². The molecule has 2 heterocycles. The van der Waals surface area contributed by atoms with Crippen molar-refractivity contribution < 1.29 is 4.42 Å². The average Bonchev–Trinajstić information content (AvgIpc) is 2.73. The Hall–Kier alpha value is -1.62. The highest BCUT2D eigenvalue weighted by Crippen LogP contribution is 2.23. The number of oxazole rings is 1. The van der Waals surface area contributed by atoms with E-state index < -0.39 is 0 Å². The van der Waals surface area contributed by atoms with Gasteiger partial charge in [0.2, 0.25) is 5.89 Å². The topological polar surface area (TPSA) is 63.8 Å². The number of anilines is 1. The molecule has 0 bridgehead atoms. The van der Waals surface area contributed by atoms with E-state index in [0.717, 1.165) is 5.76 Å². The lowest BCUT2D eigenvalue weighted by molar-refractivity contribution is 0.385. The second kappa shape index (κ2) is 5.17. The fraction of sp³-hybridized carbons (Fsp3) is 0.462. The fourth-order valence-electron chi connectivity index (χ4n) is 1.53. The number of hydrogen-bond acceptors (Lipinski definition) is 5. The van der Waals surface area contributed by atoms with Crippen LogP contribution in [0.1, 0.15) is 38.2 Å². The summed E-state index contributed by atoms with van der Waals surface area (Å²) in [6.07, 6.45) is 1.76. The molecule has 2 aromatic heterocycles. The van der Waals surface area contributed by atoms with Gasteiger partial charge >= 0.3 is 0 Å². The zero-order chi connectivity index (χ0) is 14.0. The quantitative estimate of drug-likeness (QED) is 0.874. The van der Waals surface area contributed by atoms with Crippen LogP contribution in [0.5, 0.6) is 0 Å². The Morgan fingerprint density at radius 2 is 2.05 bits per heavy atom. The third kappa shape index (κ3) is 3.67. The Morgan fingerprint density at radius 1 is 1.32 bits per heavy atom. The normalized spacial score (nSPS) is 11.6. The highest BCUT2D eigenvalue weighted by atomic mass is 35.5. The van der Waals surface area contributed by atoms with Crippen molar-refractivity contribution in [2.45, 2.75) is 39.7 Å². The first-order valence-electron chi connectivity index (χ1n) is 6.05. The number of aryl methyl sites for hydroxylation is 1. The minimum absolute atomic E-state index is 0.0416. The lowest BCUT2D eigenvalue weighted by atomic mass is 9.94. The van der Waals surface area contributed by atoms with E-state index in [4.69, 9.17) is 16.0 Å². The van der Waals surface area contributed by atoms with Crippen LogP contribution in [0.3, 0.4) is 0 Å². The van der Waals surface area contributed by atoms with Gasteiger partial charge in [-0.25, -0.2) is 15.0 Å². The first kappa shape index (κ1) is 13.8. The summed E-state index contributed by atoms with van der Waals surface area (Å²) in [6.45, 7) is 8.50. The van der Waals surface area contributed by atoms with Crippen molar-refractivity contribution in [3.05, 3.63) is 34.9 Å². The van der Waals surface area contributed by atoms with Gasteiger partial charge in [0.1, 0.15) is 22.6 Å². The summed E-state index contributed by atoms with van der Waals surface area (Å²) in [7, 11) is 0. The van der Waals surface area contributed by atoms with Gasteiger partial charge in [-0.05, 0) is 6.92 Å².